The highest BCUT2D eigenvalue weighted by atomic mass is 32.2. The van der Waals surface area contributed by atoms with Crippen LogP contribution in [0.2, 0.25) is 0 Å². The maximum Gasteiger partial charge on any atom is 0.316 e. The molecule has 1 heterocycles. The first-order valence-corrected chi connectivity index (χ1v) is 6.55. The van der Waals surface area contributed by atoms with Gasteiger partial charge in [0.25, 0.3) is 5.91 Å². The van der Waals surface area contributed by atoms with Crippen LogP contribution in [0.5, 0.6) is 0 Å². The largest absolute Gasteiger partial charge is 0.452 e. The summed E-state index contributed by atoms with van der Waals surface area (Å²) in [6.45, 7) is 5.11. The fourth-order valence-corrected chi connectivity index (χ4v) is 2.19. The smallest absolute Gasteiger partial charge is 0.316 e. The van der Waals surface area contributed by atoms with Crippen LogP contribution in [0, 0.1) is 13.8 Å². The summed E-state index contributed by atoms with van der Waals surface area (Å²) >= 11 is 1.37. The first-order chi connectivity index (χ1) is 8.41. The monoisotopic (exact) mass is 272 g/mol. The molecule has 0 aliphatic rings. The molecular formula is C11H16N2O4S. The number of carbonyl (C=O) groups excluding carboxylic acids is 2. The zero-order valence-corrected chi connectivity index (χ0v) is 11.4. The standard InChI is InChI=1S/C11H16N2O4S/c1-6-9(7(2)17-13-6)4-18-5-10(14)16-8(3)11(12)15/h8H,4-5H2,1-3H3,(H2,12,15)/t8-/m0/s1. The van der Waals surface area contributed by atoms with Crippen LogP contribution in [-0.2, 0) is 20.1 Å². The Balaban J connectivity index is 2.34. The van der Waals surface area contributed by atoms with Gasteiger partial charge in [-0.25, -0.2) is 0 Å². The van der Waals surface area contributed by atoms with Crippen molar-refractivity contribution in [2.24, 2.45) is 5.73 Å². The highest BCUT2D eigenvalue weighted by Gasteiger charge is 2.15. The summed E-state index contributed by atoms with van der Waals surface area (Å²) < 4.78 is 9.83. The van der Waals surface area contributed by atoms with Crippen molar-refractivity contribution in [3.05, 3.63) is 17.0 Å². The van der Waals surface area contributed by atoms with Crippen LogP contribution in [-0.4, -0.2) is 28.9 Å². The van der Waals surface area contributed by atoms with Crippen molar-refractivity contribution in [2.75, 3.05) is 5.75 Å². The summed E-state index contributed by atoms with van der Waals surface area (Å²) in [5.41, 5.74) is 6.79. The Morgan fingerprint density at radius 2 is 2.17 bits per heavy atom. The Morgan fingerprint density at radius 3 is 2.67 bits per heavy atom. The van der Waals surface area contributed by atoms with Crippen molar-refractivity contribution >= 4 is 23.6 Å². The fourth-order valence-electron chi connectivity index (χ4n) is 1.23. The minimum Gasteiger partial charge on any atom is -0.452 e. The maximum atomic E-state index is 11.4. The third-order valence-electron chi connectivity index (χ3n) is 2.36. The van der Waals surface area contributed by atoms with Gasteiger partial charge in [-0.15, -0.1) is 11.8 Å². The first-order valence-electron chi connectivity index (χ1n) is 5.40. The molecule has 18 heavy (non-hydrogen) atoms. The van der Waals surface area contributed by atoms with Gasteiger partial charge in [0.15, 0.2) is 6.10 Å². The molecule has 0 fully saturated rings. The molecule has 0 radical (unpaired) electrons. The minimum atomic E-state index is -0.892. The number of primary amides is 1. The third-order valence-corrected chi connectivity index (χ3v) is 3.29. The summed E-state index contributed by atoms with van der Waals surface area (Å²) in [6, 6.07) is 0. The Hall–Kier alpha value is -1.50. The van der Waals surface area contributed by atoms with Crippen molar-refractivity contribution in [1.29, 1.82) is 0 Å². The molecule has 0 aromatic carbocycles. The second kappa shape index (κ2) is 6.44. The lowest BCUT2D eigenvalue weighted by atomic mass is 10.2. The number of ether oxygens (including phenoxy) is 1. The first kappa shape index (κ1) is 14.6. The highest BCUT2D eigenvalue weighted by Crippen LogP contribution is 2.19. The topological polar surface area (TPSA) is 95.4 Å². The maximum absolute atomic E-state index is 11.4. The number of thioether (sulfide) groups is 1. The van der Waals surface area contributed by atoms with Gasteiger partial charge in [-0.1, -0.05) is 5.16 Å². The van der Waals surface area contributed by atoms with E-state index in [1.165, 1.54) is 18.7 Å². The molecule has 1 aromatic heterocycles. The van der Waals surface area contributed by atoms with Crippen LogP contribution >= 0.6 is 11.8 Å². The van der Waals surface area contributed by atoms with Crippen molar-refractivity contribution in [2.45, 2.75) is 32.6 Å². The lowest BCUT2D eigenvalue weighted by Crippen LogP contribution is -2.31. The molecule has 1 rings (SSSR count). The van der Waals surface area contributed by atoms with E-state index in [0.717, 1.165) is 17.0 Å². The van der Waals surface area contributed by atoms with Gasteiger partial charge in [0.2, 0.25) is 0 Å². The zero-order valence-electron chi connectivity index (χ0n) is 10.6. The minimum absolute atomic E-state index is 0.154. The van der Waals surface area contributed by atoms with E-state index in [2.05, 4.69) is 5.16 Å². The Kier molecular flexibility index (Phi) is 5.21. The number of aryl methyl sites for hydroxylation is 2. The van der Waals surface area contributed by atoms with E-state index >= 15 is 0 Å². The number of esters is 1. The number of hydrogen-bond acceptors (Lipinski definition) is 6. The molecule has 0 aliphatic carbocycles. The van der Waals surface area contributed by atoms with Crippen LogP contribution < -0.4 is 5.73 Å². The van der Waals surface area contributed by atoms with Gasteiger partial charge in [-0.05, 0) is 20.8 Å². The van der Waals surface area contributed by atoms with E-state index in [-0.39, 0.29) is 5.75 Å². The van der Waals surface area contributed by atoms with E-state index in [1.807, 2.05) is 13.8 Å². The van der Waals surface area contributed by atoms with Gasteiger partial charge in [0.05, 0.1) is 11.4 Å². The number of carbonyl (C=O) groups is 2. The van der Waals surface area contributed by atoms with E-state index in [9.17, 15) is 9.59 Å². The predicted octanol–water partition coefficient (Wildman–Crippen LogP) is 0.942. The highest BCUT2D eigenvalue weighted by molar-refractivity contribution is 7.99. The van der Waals surface area contributed by atoms with E-state index in [0.29, 0.717) is 5.75 Å². The molecule has 0 saturated heterocycles. The van der Waals surface area contributed by atoms with E-state index in [4.69, 9.17) is 15.0 Å². The SMILES string of the molecule is Cc1noc(C)c1CSCC(=O)O[C@@H](C)C(N)=O. The molecule has 1 atom stereocenters. The van der Waals surface area contributed by atoms with Crippen LogP contribution in [0.3, 0.4) is 0 Å². The lowest BCUT2D eigenvalue weighted by molar-refractivity contribution is -0.151. The quantitative estimate of drug-likeness (QED) is 0.774. The normalized spacial score (nSPS) is 12.2. The molecule has 2 N–H and O–H groups in total. The Labute approximate surface area is 109 Å². The van der Waals surface area contributed by atoms with Gasteiger partial charge in [-0.3, -0.25) is 9.59 Å². The van der Waals surface area contributed by atoms with Gasteiger partial charge in [-0.2, -0.15) is 0 Å². The molecule has 1 amide bonds. The average Bonchev–Trinajstić information content (AvgIpc) is 2.60. The predicted molar refractivity (Wildman–Crippen MR) is 66.9 cm³/mol. The summed E-state index contributed by atoms with van der Waals surface area (Å²) in [5, 5.41) is 3.82. The van der Waals surface area contributed by atoms with Gasteiger partial charge < -0.3 is 15.0 Å². The molecule has 0 saturated carbocycles. The van der Waals surface area contributed by atoms with Crippen LogP contribution in [0.25, 0.3) is 0 Å². The second-order valence-corrected chi connectivity index (χ2v) is 4.82. The lowest BCUT2D eigenvalue weighted by Gasteiger charge is -2.08. The Morgan fingerprint density at radius 1 is 1.50 bits per heavy atom. The van der Waals surface area contributed by atoms with Crippen LogP contribution in [0.1, 0.15) is 23.9 Å². The van der Waals surface area contributed by atoms with Crippen LogP contribution in [0.4, 0.5) is 0 Å². The van der Waals surface area contributed by atoms with Gasteiger partial charge >= 0.3 is 5.97 Å². The molecule has 0 unspecified atom stereocenters. The number of nitrogens with two attached hydrogens (primary N) is 1. The molecule has 6 nitrogen and oxygen atoms in total. The molecule has 0 spiro atoms. The van der Waals surface area contributed by atoms with E-state index < -0.39 is 18.0 Å². The van der Waals surface area contributed by atoms with Crippen molar-refractivity contribution in [3.63, 3.8) is 0 Å². The number of nitrogens with zero attached hydrogens (tertiary/aromatic N) is 1. The molecule has 7 heteroatoms. The van der Waals surface area contributed by atoms with E-state index in [1.54, 1.807) is 0 Å². The number of amides is 1. The molecular weight excluding hydrogens is 256 g/mol. The second-order valence-electron chi connectivity index (χ2n) is 3.83. The Bertz CT molecular complexity index is 425. The number of rotatable bonds is 6. The number of aromatic nitrogens is 1. The van der Waals surface area contributed by atoms with Crippen LogP contribution in [0.15, 0.2) is 4.52 Å². The molecule has 1 aromatic rings. The number of hydrogen-bond donors (Lipinski definition) is 1. The summed E-state index contributed by atoms with van der Waals surface area (Å²) in [5.74, 6) is 0.402. The average molecular weight is 272 g/mol. The van der Waals surface area contributed by atoms with Gasteiger partial charge in [0.1, 0.15) is 5.76 Å². The summed E-state index contributed by atoms with van der Waals surface area (Å²) in [7, 11) is 0. The summed E-state index contributed by atoms with van der Waals surface area (Å²) in [4.78, 5) is 22.1. The molecule has 0 aliphatic heterocycles. The molecule has 100 valence electrons. The van der Waals surface area contributed by atoms with Crippen molar-refractivity contribution < 1.29 is 18.8 Å². The van der Waals surface area contributed by atoms with Crippen molar-refractivity contribution in [3.8, 4) is 0 Å². The van der Waals surface area contributed by atoms with Gasteiger partial charge in [0, 0.05) is 11.3 Å². The molecule has 0 bridgehead atoms. The fraction of sp³-hybridized carbons (Fsp3) is 0.545. The van der Waals surface area contributed by atoms with Crippen molar-refractivity contribution in [1.82, 2.24) is 5.16 Å². The summed E-state index contributed by atoms with van der Waals surface area (Å²) in [6.07, 6.45) is -0.892. The zero-order chi connectivity index (χ0) is 13.7. The third kappa shape index (κ3) is 4.06.